The van der Waals surface area contributed by atoms with Gasteiger partial charge in [0.2, 0.25) is 0 Å². The maximum absolute atomic E-state index is 12.3. The number of nitrogens with one attached hydrogen (secondary N) is 1. The van der Waals surface area contributed by atoms with E-state index in [1.807, 2.05) is 51.1 Å². The van der Waals surface area contributed by atoms with Crippen LogP contribution in [0.25, 0.3) is 0 Å². The van der Waals surface area contributed by atoms with Gasteiger partial charge in [-0.3, -0.25) is 4.79 Å². The van der Waals surface area contributed by atoms with E-state index in [0.717, 1.165) is 24.3 Å². The number of carbonyl (C=O) groups is 1. The molecule has 0 radical (unpaired) electrons. The van der Waals surface area contributed by atoms with Crippen molar-refractivity contribution in [3.05, 3.63) is 65.7 Å². The molecule has 0 amide bonds. The third kappa shape index (κ3) is 5.33. The first-order valence-electron chi connectivity index (χ1n) is 9.62. The molecule has 4 nitrogen and oxygen atoms in total. The number of carbonyl (C=O) groups excluding carboxylic acids is 1. The van der Waals surface area contributed by atoms with E-state index in [4.69, 9.17) is 9.47 Å². The first kappa shape index (κ1) is 19.4. The summed E-state index contributed by atoms with van der Waals surface area (Å²) in [6.07, 6.45) is 0.813. The summed E-state index contributed by atoms with van der Waals surface area (Å²) in [7, 11) is 0. The molecule has 1 heterocycles. The van der Waals surface area contributed by atoms with Crippen LogP contribution in [0.3, 0.4) is 0 Å². The van der Waals surface area contributed by atoms with Gasteiger partial charge in [0, 0.05) is 12.5 Å². The quantitative estimate of drug-likeness (QED) is 0.801. The molecule has 0 spiro atoms. The van der Waals surface area contributed by atoms with Crippen molar-refractivity contribution in [2.24, 2.45) is 5.41 Å². The fraction of sp³-hybridized carbons (Fsp3) is 0.435. The molecule has 0 saturated carbocycles. The van der Waals surface area contributed by atoms with Crippen LogP contribution in [0.1, 0.15) is 44.2 Å². The van der Waals surface area contributed by atoms with Crippen molar-refractivity contribution in [3.8, 4) is 5.75 Å². The van der Waals surface area contributed by atoms with Crippen LogP contribution in [0.5, 0.6) is 5.75 Å². The zero-order valence-corrected chi connectivity index (χ0v) is 16.4. The van der Waals surface area contributed by atoms with Gasteiger partial charge in [-0.1, -0.05) is 42.5 Å². The molecule has 0 aliphatic carbocycles. The molecule has 0 aromatic heterocycles. The number of benzene rings is 2. The van der Waals surface area contributed by atoms with Gasteiger partial charge < -0.3 is 14.8 Å². The molecular formula is C23H29NO3. The van der Waals surface area contributed by atoms with Gasteiger partial charge >= 0.3 is 5.97 Å². The molecule has 2 atom stereocenters. The number of rotatable bonds is 5. The molecule has 2 aromatic carbocycles. The van der Waals surface area contributed by atoms with Gasteiger partial charge in [0.25, 0.3) is 0 Å². The molecule has 1 N–H and O–H groups in total. The Bertz CT molecular complexity index is 734. The smallest absolute Gasteiger partial charge is 0.311 e. The Morgan fingerprint density at radius 1 is 1.07 bits per heavy atom. The van der Waals surface area contributed by atoms with Gasteiger partial charge in [-0.05, 0) is 57.0 Å². The highest BCUT2D eigenvalue weighted by molar-refractivity contribution is 5.75. The summed E-state index contributed by atoms with van der Waals surface area (Å²) >= 11 is 0. The monoisotopic (exact) mass is 367 g/mol. The van der Waals surface area contributed by atoms with Crippen molar-refractivity contribution in [3.63, 3.8) is 0 Å². The van der Waals surface area contributed by atoms with Crippen molar-refractivity contribution in [2.75, 3.05) is 13.1 Å². The summed E-state index contributed by atoms with van der Waals surface area (Å²) in [6.45, 7) is 7.84. The van der Waals surface area contributed by atoms with Gasteiger partial charge in [-0.15, -0.1) is 0 Å². The average molecular weight is 367 g/mol. The minimum Gasteiger partial charge on any atom is -0.489 e. The van der Waals surface area contributed by atoms with Crippen LogP contribution in [0, 0.1) is 5.41 Å². The second kappa shape index (κ2) is 8.57. The standard InChI is InChI=1S/C23H29NO3/c1-23(2,3)22(25)27-21-15-24-14-13-20(21)18-9-11-19(12-10-18)26-16-17-7-5-4-6-8-17/h4-12,20-21,24H,13-16H2,1-3H3. The summed E-state index contributed by atoms with van der Waals surface area (Å²) in [5.41, 5.74) is 1.85. The SMILES string of the molecule is CC(C)(C)C(=O)OC1CNCCC1c1ccc(OCc2ccccc2)cc1. The second-order valence-electron chi connectivity index (χ2n) is 8.14. The van der Waals surface area contributed by atoms with Gasteiger partial charge in [0.1, 0.15) is 18.5 Å². The average Bonchev–Trinajstić information content (AvgIpc) is 2.67. The number of esters is 1. The normalized spacial score (nSPS) is 20.1. The van der Waals surface area contributed by atoms with Crippen LogP contribution in [-0.2, 0) is 16.1 Å². The summed E-state index contributed by atoms with van der Waals surface area (Å²) in [6, 6.07) is 18.3. The van der Waals surface area contributed by atoms with Gasteiger partial charge in [0.05, 0.1) is 5.41 Å². The highest BCUT2D eigenvalue weighted by Gasteiger charge is 2.33. The fourth-order valence-corrected chi connectivity index (χ4v) is 3.20. The third-order valence-corrected chi connectivity index (χ3v) is 4.85. The lowest BCUT2D eigenvalue weighted by Gasteiger charge is -2.34. The molecule has 1 fully saturated rings. The molecule has 144 valence electrons. The predicted octanol–water partition coefficient (Wildman–Crippen LogP) is 4.30. The Hall–Kier alpha value is -2.33. The minimum absolute atomic E-state index is 0.137. The number of hydrogen-bond donors (Lipinski definition) is 1. The Kier molecular flexibility index (Phi) is 6.17. The van der Waals surface area contributed by atoms with E-state index in [1.165, 1.54) is 5.56 Å². The lowest BCUT2D eigenvalue weighted by Crippen LogP contribution is -2.43. The second-order valence-corrected chi connectivity index (χ2v) is 8.14. The molecule has 1 aliphatic rings. The summed E-state index contributed by atoms with van der Waals surface area (Å²) in [4.78, 5) is 12.3. The molecule has 0 bridgehead atoms. The van der Waals surface area contributed by atoms with Crippen LogP contribution in [0.15, 0.2) is 54.6 Å². The van der Waals surface area contributed by atoms with Crippen molar-refractivity contribution in [2.45, 2.75) is 45.8 Å². The van der Waals surface area contributed by atoms with Crippen LogP contribution < -0.4 is 10.1 Å². The van der Waals surface area contributed by atoms with Gasteiger partial charge in [-0.2, -0.15) is 0 Å². The Morgan fingerprint density at radius 3 is 2.44 bits per heavy atom. The molecular weight excluding hydrogens is 338 g/mol. The Balaban J connectivity index is 1.64. The van der Waals surface area contributed by atoms with E-state index in [9.17, 15) is 4.79 Å². The number of piperidine rings is 1. The van der Waals surface area contributed by atoms with Gasteiger partial charge in [0.15, 0.2) is 0 Å². The van der Waals surface area contributed by atoms with Crippen molar-refractivity contribution in [1.82, 2.24) is 5.32 Å². The summed E-state index contributed by atoms with van der Waals surface area (Å²) < 4.78 is 11.7. The third-order valence-electron chi connectivity index (χ3n) is 4.85. The molecule has 1 aliphatic heterocycles. The van der Waals surface area contributed by atoms with Gasteiger partial charge in [-0.25, -0.2) is 0 Å². The highest BCUT2D eigenvalue weighted by Crippen LogP contribution is 2.31. The molecule has 2 aromatic rings. The molecule has 4 heteroatoms. The first-order chi connectivity index (χ1) is 12.9. The number of ether oxygens (including phenoxy) is 2. The van der Waals surface area contributed by atoms with E-state index in [-0.39, 0.29) is 18.0 Å². The van der Waals surface area contributed by atoms with Crippen LogP contribution in [-0.4, -0.2) is 25.2 Å². The van der Waals surface area contributed by atoms with Crippen molar-refractivity contribution < 1.29 is 14.3 Å². The zero-order valence-electron chi connectivity index (χ0n) is 16.4. The van der Waals surface area contributed by atoms with Crippen LogP contribution >= 0.6 is 0 Å². The van der Waals surface area contributed by atoms with Crippen molar-refractivity contribution >= 4 is 5.97 Å². The van der Waals surface area contributed by atoms with E-state index in [0.29, 0.717) is 13.2 Å². The minimum atomic E-state index is -0.489. The summed E-state index contributed by atoms with van der Waals surface area (Å²) in [5, 5.41) is 3.34. The van der Waals surface area contributed by atoms with E-state index in [2.05, 4.69) is 29.6 Å². The van der Waals surface area contributed by atoms with E-state index in [1.54, 1.807) is 0 Å². The van der Waals surface area contributed by atoms with E-state index >= 15 is 0 Å². The maximum Gasteiger partial charge on any atom is 0.311 e. The molecule has 1 saturated heterocycles. The zero-order chi connectivity index (χ0) is 19.3. The fourth-order valence-electron chi connectivity index (χ4n) is 3.20. The Labute approximate surface area is 161 Å². The lowest BCUT2D eigenvalue weighted by atomic mass is 9.87. The summed E-state index contributed by atoms with van der Waals surface area (Å²) in [5.74, 6) is 0.907. The van der Waals surface area contributed by atoms with Crippen molar-refractivity contribution in [1.29, 1.82) is 0 Å². The topological polar surface area (TPSA) is 47.6 Å². The molecule has 2 unspecified atom stereocenters. The lowest BCUT2D eigenvalue weighted by molar-refractivity contribution is -0.160. The van der Waals surface area contributed by atoms with E-state index < -0.39 is 5.41 Å². The first-order valence-corrected chi connectivity index (χ1v) is 9.62. The Morgan fingerprint density at radius 2 is 1.78 bits per heavy atom. The largest absolute Gasteiger partial charge is 0.489 e. The predicted molar refractivity (Wildman–Crippen MR) is 107 cm³/mol. The highest BCUT2D eigenvalue weighted by atomic mass is 16.5. The number of hydrogen-bond acceptors (Lipinski definition) is 4. The molecule has 3 rings (SSSR count). The van der Waals surface area contributed by atoms with Crippen LogP contribution in [0.4, 0.5) is 0 Å². The van der Waals surface area contributed by atoms with Crippen LogP contribution in [0.2, 0.25) is 0 Å². The molecule has 27 heavy (non-hydrogen) atoms. The maximum atomic E-state index is 12.3.